The number of benzene rings is 6. The fourth-order valence-corrected chi connectivity index (χ4v) is 15.1. The quantitative estimate of drug-likeness (QED) is 0.127. The molecule has 6 aromatic rings. The van der Waals surface area contributed by atoms with Crippen molar-refractivity contribution in [2.24, 2.45) is 0 Å². The van der Waals surface area contributed by atoms with Crippen molar-refractivity contribution >= 4 is 110 Å². The number of halogens is 4. The molecule has 412 valence electrons. The minimum atomic E-state index is -0.750. The molecule has 6 aromatic carbocycles. The Balaban J connectivity index is 0.000000148. The normalized spacial score (nSPS) is 22.7. The summed E-state index contributed by atoms with van der Waals surface area (Å²) in [7, 11) is -0.792. The van der Waals surface area contributed by atoms with Crippen LogP contribution in [-0.4, -0.2) is 40.9 Å². The summed E-state index contributed by atoms with van der Waals surface area (Å²) in [6.45, 7) is 45.7. The van der Waals surface area contributed by atoms with Gasteiger partial charge in [0.05, 0.1) is 56.5 Å². The van der Waals surface area contributed by atoms with Crippen LogP contribution >= 0.6 is 50.7 Å². The molecule has 0 unspecified atom stereocenters. The lowest BCUT2D eigenvalue weighted by Gasteiger charge is -2.55. The highest BCUT2D eigenvalue weighted by Gasteiger charge is 2.58. The Bertz CT molecular complexity index is 3520. The fourth-order valence-electron chi connectivity index (χ4n) is 14.6. The van der Waals surface area contributed by atoms with Crippen molar-refractivity contribution in [2.45, 2.75) is 198 Å². The lowest BCUT2D eigenvalue weighted by Crippen LogP contribution is -2.45. The van der Waals surface area contributed by atoms with Crippen molar-refractivity contribution in [3.05, 3.63) is 162 Å². The Labute approximate surface area is 495 Å². The summed E-state index contributed by atoms with van der Waals surface area (Å²) in [5.74, 6) is 0. The van der Waals surface area contributed by atoms with Crippen LogP contribution in [0, 0.1) is 0 Å². The number of anilines is 6. The summed E-state index contributed by atoms with van der Waals surface area (Å²) in [4.78, 5) is 5.21. The number of rotatable bonds is 2. The van der Waals surface area contributed by atoms with Crippen molar-refractivity contribution in [1.29, 1.82) is 0 Å². The maximum absolute atomic E-state index is 6.59. The maximum atomic E-state index is 6.59. The van der Waals surface area contributed by atoms with E-state index in [1.54, 1.807) is 0 Å². The van der Waals surface area contributed by atoms with Crippen molar-refractivity contribution in [3.63, 3.8) is 0 Å². The van der Waals surface area contributed by atoms with E-state index in [1.165, 1.54) is 101 Å². The highest BCUT2D eigenvalue weighted by atomic mass is 79.9. The first-order valence-electron chi connectivity index (χ1n) is 28.2. The van der Waals surface area contributed by atoms with Crippen molar-refractivity contribution < 1.29 is 18.6 Å². The van der Waals surface area contributed by atoms with Gasteiger partial charge in [-0.05, 0) is 145 Å². The molecule has 0 amide bonds. The molecule has 8 heterocycles. The minimum Gasteiger partial charge on any atom is -0.399 e. The SMILES string of the molecule is CC1(C)c2cccc3c2N2c4c1cc(Br)cc4C(C)(C)c1cc(B4OC(C)(C)C(C)(C)O4)cc(c12)C3(C)C.CC1(C)c2cccc3c2N2c4c1cccc4C(C)(C)c1cc(B4OC(C)(C)C(C)(C)O4)cc(c12)C3(C)C.ClC(Cl)Cl. The van der Waals surface area contributed by atoms with Gasteiger partial charge in [-0.1, -0.05) is 213 Å². The largest absolute Gasteiger partial charge is 0.494 e. The van der Waals surface area contributed by atoms with Gasteiger partial charge in [0.15, 0.2) is 4.30 Å². The molecular weight excluding hydrogens is 1100 g/mol. The van der Waals surface area contributed by atoms with Gasteiger partial charge in [0.25, 0.3) is 0 Å². The van der Waals surface area contributed by atoms with Gasteiger partial charge < -0.3 is 28.4 Å². The number of para-hydroxylation sites is 3. The molecule has 0 saturated carbocycles. The molecule has 0 atom stereocenters. The molecule has 8 aliphatic rings. The maximum Gasteiger partial charge on any atom is 0.494 e. The standard InChI is InChI=1S/C33H37BBrNO2.C33H38BNO2.CHCl3/c1-29(2)20-12-11-13-21-26(20)36-27-22(29)14-18(34-37-32(7,8)33(9,10)38-34)15-23(27)31(5,6)25-17-19(35)16-24(28(25)36)30(21,3)4;1-29(2)20-13-11-15-22-26(20)35-27-21(29)14-12-16-23(27)31(5,6)25-18-19(17-24(28(25)35)30(22,3)4)34-36-32(7,8)33(9,10)37-34;2-1(3)4/h11-17H,1-10H3;11-18H,1-10H3;1H. The Morgan fingerprint density at radius 3 is 0.734 bits per heavy atom. The van der Waals surface area contributed by atoms with Crippen LogP contribution in [0.3, 0.4) is 0 Å². The minimum absolute atomic E-state index is 0.0724. The third-order valence-electron chi connectivity index (χ3n) is 20.9. The summed E-state index contributed by atoms with van der Waals surface area (Å²) in [5.41, 5.74) is 24.5. The summed E-state index contributed by atoms with van der Waals surface area (Å²) < 4.78 is 26.7. The average molecular weight is 1180 g/mol. The van der Waals surface area contributed by atoms with Crippen molar-refractivity contribution in [1.82, 2.24) is 0 Å². The van der Waals surface area contributed by atoms with Gasteiger partial charge >= 0.3 is 14.2 Å². The monoisotopic (exact) mass is 1180 g/mol. The first-order valence-corrected chi connectivity index (χ1v) is 30.3. The van der Waals surface area contributed by atoms with Gasteiger partial charge in [-0.25, -0.2) is 0 Å². The average Bonchev–Trinajstić information content (AvgIpc) is 2.82. The molecule has 12 heteroatoms. The highest BCUT2D eigenvalue weighted by molar-refractivity contribution is 9.10. The molecule has 6 nitrogen and oxygen atoms in total. The van der Waals surface area contributed by atoms with E-state index in [4.69, 9.17) is 53.4 Å². The van der Waals surface area contributed by atoms with Gasteiger partial charge in [-0.3, -0.25) is 0 Å². The zero-order valence-corrected chi connectivity index (χ0v) is 53.8. The van der Waals surface area contributed by atoms with Gasteiger partial charge in [0, 0.05) is 37.0 Å². The smallest absolute Gasteiger partial charge is 0.399 e. The number of hydrogen-bond donors (Lipinski definition) is 0. The summed E-state index contributed by atoms with van der Waals surface area (Å²) >= 11 is 18.3. The van der Waals surface area contributed by atoms with Crippen molar-refractivity contribution in [3.8, 4) is 0 Å². The van der Waals surface area contributed by atoms with Gasteiger partial charge in [-0.2, -0.15) is 0 Å². The third-order valence-corrected chi connectivity index (χ3v) is 21.4. The Morgan fingerprint density at radius 1 is 0.329 bits per heavy atom. The van der Waals surface area contributed by atoms with E-state index in [0.29, 0.717) is 0 Å². The Hall–Kier alpha value is -3.76. The second-order valence-corrected chi connectivity index (χ2v) is 31.6. The molecule has 0 aliphatic carbocycles. The zero-order chi connectivity index (χ0) is 57.4. The van der Waals surface area contributed by atoms with E-state index in [9.17, 15) is 0 Å². The van der Waals surface area contributed by atoms with Gasteiger partial charge in [-0.15, -0.1) is 0 Å². The highest BCUT2D eigenvalue weighted by Crippen LogP contribution is 2.68. The van der Waals surface area contributed by atoms with E-state index in [-0.39, 0.29) is 62.0 Å². The molecule has 79 heavy (non-hydrogen) atoms. The van der Waals surface area contributed by atoms with E-state index in [0.717, 1.165) is 15.4 Å². The van der Waals surface area contributed by atoms with Gasteiger partial charge in [0.2, 0.25) is 0 Å². The lowest BCUT2D eigenvalue weighted by molar-refractivity contribution is 0.00578. The van der Waals surface area contributed by atoms with Crippen LogP contribution in [0.15, 0.2) is 95.5 Å². The van der Waals surface area contributed by atoms with Crippen LogP contribution < -0.4 is 20.7 Å². The molecule has 0 spiro atoms. The third kappa shape index (κ3) is 7.44. The van der Waals surface area contributed by atoms with E-state index in [1.807, 2.05) is 0 Å². The van der Waals surface area contributed by atoms with Crippen LogP contribution in [0.5, 0.6) is 0 Å². The molecule has 0 N–H and O–H groups in total. The van der Waals surface area contributed by atoms with Crippen LogP contribution in [0.2, 0.25) is 0 Å². The van der Waals surface area contributed by atoms with Crippen LogP contribution in [-0.2, 0) is 51.1 Å². The first-order chi connectivity index (χ1) is 36.3. The Kier molecular flexibility index (Phi) is 12.0. The number of nitrogens with zero attached hydrogens (tertiary/aromatic N) is 2. The molecule has 2 saturated heterocycles. The Morgan fingerprint density at radius 2 is 0.506 bits per heavy atom. The van der Waals surface area contributed by atoms with E-state index >= 15 is 0 Å². The molecule has 2 fully saturated rings. The summed E-state index contributed by atoms with van der Waals surface area (Å²) in [6, 6.07) is 35.0. The van der Waals surface area contributed by atoms with Gasteiger partial charge in [0.1, 0.15) is 0 Å². The predicted molar refractivity (Wildman–Crippen MR) is 335 cm³/mol. The van der Waals surface area contributed by atoms with Crippen LogP contribution in [0.25, 0.3) is 0 Å². The van der Waals surface area contributed by atoms with E-state index < -0.39 is 11.4 Å². The molecule has 0 radical (unpaired) electrons. The predicted octanol–water partition coefficient (Wildman–Crippen LogP) is 17.5. The number of hydrogen-bond acceptors (Lipinski definition) is 6. The lowest BCUT2D eigenvalue weighted by atomic mass is 9.59. The van der Waals surface area contributed by atoms with Crippen molar-refractivity contribution in [2.75, 3.05) is 9.80 Å². The molecule has 0 bridgehead atoms. The summed E-state index contributed by atoms with van der Waals surface area (Å²) in [6.07, 6.45) is 0. The number of alkyl halides is 3. The summed E-state index contributed by atoms with van der Waals surface area (Å²) in [5, 5.41) is 0. The molecular formula is C67H76B2BrCl3N2O4. The van der Waals surface area contributed by atoms with E-state index in [2.05, 4.69) is 255 Å². The molecule has 0 aromatic heterocycles. The second-order valence-electron chi connectivity index (χ2n) is 28.7. The fraction of sp³-hybridized carbons (Fsp3) is 0.463. The first kappa shape index (κ1) is 55.8. The zero-order valence-electron chi connectivity index (χ0n) is 49.9. The van der Waals surface area contributed by atoms with Crippen LogP contribution in [0.4, 0.5) is 34.1 Å². The van der Waals surface area contributed by atoms with Crippen LogP contribution in [0.1, 0.15) is 205 Å². The topological polar surface area (TPSA) is 43.4 Å². The molecule has 14 rings (SSSR count). The molecule has 8 aliphatic heterocycles. The second kappa shape index (κ2) is 17.0.